The first-order valence-corrected chi connectivity index (χ1v) is 9.56. The van der Waals surface area contributed by atoms with Crippen molar-refractivity contribution in [3.8, 4) is 11.3 Å². The van der Waals surface area contributed by atoms with E-state index in [9.17, 15) is 4.79 Å². The van der Waals surface area contributed by atoms with Crippen molar-refractivity contribution in [2.45, 2.75) is 51.3 Å². The maximum absolute atomic E-state index is 12.9. The standard InChI is InChI=1S/C20H28N4O3/c1-3-10-26-19-11-15(4-5-17(19)21)20(25)24(2)13-16-12-18(23-27-16)14-6-8-22-9-7-14/h6-9,12,15,17,19H,3-5,10-11,13,21H2,1-2H3/t15-,17+,19+/m0/s1. The van der Waals surface area contributed by atoms with Crippen molar-refractivity contribution in [1.82, 2.24) is 15.0 Å². The van der Waals surface area contributed by atoms with Gasteiger partial charge in [-0.2, -0.15) is 0 Å². The molecule has 1 amide bonds. The molecule has 7 nitrogen and oxygen atoms in total. The smallest absolute Gasteiger partial charge is 0.225 e. The zero-order chi connectivity index (χ0) is 19.2. The van der Waals surface area contributed by atoms with Crippen molar-refractivity contribution in [3.05, 3.63) is 36.4 Å². The van der Waals surface area contributed by atoms with Gasteiger partial charge in [0.05, 0.1) is 12.6 Å². The van der Waals surface area contributed by atoms with Crippen LogP contribution >= 0.6 is 0 Å². The van der Waals surface area contributed by atoms with Crippen LogP contribution in [-0.4, -0.2) is 46.7 Å². The van der Waals surface area contributed by atoms with Crippen LogP contribution in [0.3, 0.4) is 0 Å². The lowest BCUT2D eigenvalue weighted by atomic mass is 9.83. The number of amides is 1. The van der Waals surface area contributed by atoms with Gasteiger partial charge >= 0.3 is 0 Å². The molecule has 1 fully saturated rings. The number of hydrogen-bond acceptors (Lipinski definition) is 6. The van der Waals surface area contributed by atoms with Crippen LogP contribution in [0.1, 0.15) is 38.4 Å². The van der Waals surface area contributed by atoms with E-state index in [1.807, 2.05) is 18.2 Å². The highest BCUT2D eigenvalue weighted by atomic mass is 16.5. The van der Waals surface area contributed by atoms with Gasteiger partial charge in [-0.1, -0.05) is 12.1 Å². The number of carbonyl (C=O) groups excluding carboxylic acids is 1. The first-order valence-electron chi connectivity index (χ1n) is 9.56. The van der Waals surface area contributed by atoms with Gasteiger partial charge in [-0.05, 0) is 37.8 Å². The van der Waals surface area contributed by atoms with Crippen molar-refractivity contribution in [2.24, 2.45) is 11.7 Å². The minimum atomic E-state index is -0.0563. The molecule has 0 spiro atoms. The van der Waals surface area contributed by atoms with Crippen LogP contribution in [0.15, 0.2) is 35.1 Å². The predicted octanol–water partition coefficient (Wildman–Crippen LogP) is 2.62. The second-order valence-corrected chi connectivity index (χ2v) is 7.19. The summed E-state index contributed by atoms with van der Waals surface area (Å²) < 4.78 is 11.3. The van der Waals surface area contributed by atoms with Gasteiger partial charge in [0.25, 0.3) is 0 Å². The van der Waals surface area contributed by atoms with Crippen LogP contribution in [-0.2, 0) is 16.1 Å². The number of nitrogens with two attached hydrogens (primary N) is 1. The molecule has 1 saturated carbocycles. The first-order chi connectivity index (χ1) is 13.1. The zero-order valence-electron chi connectivity index (χ0n) is 16.0. The largest absolute Gasteiger partial charge is 0.377 e. The average Bonchev–Trinajstić information content (AvgIpc) is 3.16. The van der Waals surface area contributed by atoms with Crippen LogP contribution < -0.4 is 5.73 Å². The molecule has 0 unspecified atom stereocenters. The monoisotopic (exact) mass is 372 g/mol. The Balaban J connectivity index is 1.58. The Kier molecular flexibility index (Phi) is 6.58. The lowest BCUT2D eigenvalue weighted by molar-refractivity contribution is -0.138. The summed E-state index contributed by atoms with van der Waals surface area (Å²) in [5.41, 5.74) is 7.84. The number of hydrogen-bond donors (Lipinski definition) is 1. The molecule has 2 aromatic rings. The van der Waals surface area contributed by atoms with Gasteiger partial charge in [0.2, 0.25) is 5.91 Å². The third-order valence-corrected chi connectivity index (χ3v) is 5.03. The molecule has 2 heterocycles. The summed E-state index contributed by atoms with van der Waals surface area (Å²) >= 11 is 0. The van der Waals surface area contributed by atoms with Crippen molar-refractivity contribution >= 4 is 5.91 Å². The summed E-state index contributed by atoms with van der Waals surface area (Å²) in [4.78, 5) is 18.6. The quantitative estimate of drug-likeness (QED) is 0.803. The molecule has 0 bridgehead atoms. The highest BCUT2D eigenvalue weighted by Gasteiger charge is 2.34. The van der Waals surface area contributed by atoms with Crippen molar-refractivity contribution in [2.75, 3.05) is 13.7 Å². The molecule has 146 valence electrons. The fourth-order valence-electron chi connectivity index (χ4n) is 3.51. The third-order valence-electron chi connectivity index (χ3n) is 5.03. The molecular weight excluding hydrogens is 344 g/mol. The predicted molar refractivity (Wildman–Crippen MR) is 102 cm³/mol. The lowest BCUT2D eigenvalue weighted by Gasteiger charge is -2.34. The Morgan fingerprint density at radius 2 is 2.15 bits per heavy atom. The average molecular weight is 372 g/mol. The van der Waals surface area contributed by atoms with Gasteiger partial charge in [0, 0.05) is 49.6 Å². The highest BCUT2D eigenvalue weighted by molar-refractivity contribution is 5.78. The number of carbonyl (C=O) groups is 1. The number of pyridine rings is 1. The van der Waals surface area contributed by atoms with Gasteiger partial charge in [0.1, 0.15) is 5.69 Å². The van der Waals surface area contributed by atoms with E-state index in [0.717, 1.165) is 30.5 Å². The topological polar surface area (TPSA) is 94.5 Å². The van der Waals surface area contributed by atoms with E-state index in [1.165, 1.54) is 0 Å². The summed E-state index contributed by atoms with van der Waals surface area (Å²) in [6, 6.07) is 5.63. The SMILES string of the molecule is CCCO[C@@H]1C[C@@H](C(=O)N(C)Cc2cc(-c3ccncc3)no2)CC[C@H]1N. The Bertz CT molecular complexity index is 734. The summed E-state index contributed by atoms with van der Waals surface area (Å²) in [6.45, 7) is 3.15. The maximum atomic E-state index is 12.9. The number of nitrogens with zero attached hydrogens (tertiary/aromatic N) is 3. The molecule has 3 atom stereocenters. The van der Waals surface area contributed by atoms with E-state index in [0.29, 0.717) is 25.3 Å². The molecule has 3 rings (SSSR count). The lowest BCUT2D eigenvalue weighted by Crippen LogP contribution is -2.46. The second kappa shape index (κ2) is 9.10. The van der Waals surface area contributed by atoms with Crippen LogP contribution in [0.4, 0.5) is 0 Å². The molecular formula is C20H28N4O3. The molecule has 0 aromatic carbocycles. The van der Waals surface area contributed by atoms with E-state index < -0.39 is 0 Å². The molecule has 0 saturated heterocycles. The molecule has 1 aliphatic rings. The van der Waals surface area contributed by atoms with Crippen molar-refractivity contribution in [1.29, 1.82) is 0 Å². The van der Waals surface area contributed by atoms with Crippen LogP contribution in [0.25, 0.3) is 11.3 Å². The minimum absolute atomic E-state index is 0.0168. The second-order valence-electron chi connectivity index (χ2n) is 7.19. The van der Waals surface area contributed by atoms with Gasteiger partial charge < -0.3 is 19.9 Å². The summed E-state index contributed by atoms with van der Waals surface area (Å²) in [6.07, 6.45) is 6.64. The first kappa shape index (κ1) is 19.5. The van der Waals surface area contributed by atoms with E-state index in [4.69, 9.17) is 15.0 Å². The van der Waals surface area contributed by atoms with Gasteiger partial charge in [-0.15, -0.1) is 0 Å². The van der Waals surface area contributed by atoms with Crippen LogP contribution in [0.5, 0.6) is 0 Å². The summed E-state index contributed by atoms with van der Waals surface area (Å²) in [7, 11) is 1.80. The van der Waals surface area contributed by atoms with Crippen LogP contribution in [0.2, 0.25) is 0 Å². The van der Waals surface area contributed by atoms with Crippen LogP contribution in [0, 0.1) is 5.92 Å². The Hall–Kier alpha value is -2.25. The zero-order valence-corrected chi connectivity index (χ0v) is 16.0. The molecule has 1 aliphatic carbocycles. The Morgan fingerprint density at radius 1 is 1.37 bits per heavy atom. The molecule has 2 N–H and O–H groups in total. The summed E-state index contributed by atoms with van der Waals surface area (Å²) in [5.74, 6) is 0.706. The number of aromatic nitrogens is 2. The molecule has 2 aromatic heterocycles. The number of ether oxygens (including phenoxy) is 1. The van der Waals surface area contributed by atoms with Gasteiger partial charge in [-0.3, -0.25) is 9.78 Å². The molecule has 27 heavy (non-hydrogen) atoms. The molecule has 7 heteroatoms. The maximum Gasteiger partial charge on any atom is 0.225 e. The fourth-order valence-corrected chi connectivity index (χ4v) is 3.51. The summed E-state index contributed by atoms with van der Waals surface area (Å²) in [5, 5.41) is 4.09. The van der Waals surface area contributed by atoms with Gasteiger partial charge in [0.15, 0.2) is 5.76 Å². The van der Waals surface area contributed by atoms with Crippen molar-refractivity contribution in [3.63, 3.8) is 0 Å². The number of rotatable bonds is 7. The molecule has 0 aliphatic heterocycles. The van der Waals surface area contributed by atoms with E-state index in [1.54, 1.807) is 24.3 Å². The fraction of sp³-hybridized carbons (Fsp3) is 0.550. The molecule has 0 radical (unpaired) electrons. The van der Waals surface area contributed by atoms with E-state index >= 15 is 0 Å². The highest BCUT2D eigenvalue weighted by Crippen LogP contribution is 2.28. The van der Waals surface area contributed by atoms with Gasteiger partial charge in [-0.25, -0.2) is 0 Å². The van der Waals surface area contributed by atoms with E-state index in [2.05, 4.69) is 17.1 Å². The van der Waals surface area contributed by atoms with E-state index in [-0.39, 0.29) is 24.0 Å². The minimum Gasteiger partial charge on any atom is -0.377 e. The van der Waals surface area contributed by atoms with Crippen molar-refractivity contribution < 1.29 is 14.1 Å². The normalized spacial score (nSPS) is 22.6. The third kappa shape index (κ3) is 4.93. The Labute approximate surface area is 159 Å². The Morgan fingerprint density at radius 3 is 2.89 bits per heavy atom.